The van der Waals surface area contributed by atoms with Crippen molar-refractivity contribution in [3.8, 4) is 0 Å². The van der Waals surface area contributed by atoms with Gasteiger partial charge in [-0.2, -0.15) is 0 Å². The van der Waals surface area contributed by atoms with Crippen LogP contribution in [0.5, 0.6) is 0 Å². The lowest BCUT2D eigenvalue weighted by molar-refractivity contribution is 0.574. The highest BCUT2D eigenvalue weighted by Gasteiger charge is 2.16. The summed E-state index contributed by atoms with van der Waals surface area (Å²) >= 11 is 3.53. The molecule has 1 heterocycles. The minimum atomic E-state index is 0.153. The second-order valence-electron chi connectivity index (χ2n) is 5.83. The number of benzene rings is 2. The van der Waals surface area contributed by atoms with Gasteiger partial charge in [-0.3, -0.25) is 0 Å². The molecule has 0 aliphatic heterocycles. The van der Waals surface area contributed by atoms with Crippen LogP contribution in [0, 0.1) is 0 Å². The number of nitrogens with one attached hydrogen (secondary N) is 1. The van der Waals surface area contributed by atoms with Gasteiger partial charge >= 0.3 is 0 Å². The number of fused-ring (bicyclic) bond motifs is 3. The molecule has 0 radical (unpaired) electrons. The third kappa shape index (κ3) is 1.85. The summed E-state index contributed by atoms with van der Waals surface area (Å²) in [6, 6.07) is 13.1. The highest BCUT2D eigenvalue weighted by Crippen LogP contribution is 2.31. The molecule has 0 unspecified atom stereocenters. The molecule has 0 bridgehead atoms. The van der Waals surface area contributed by atoms with Gasteiger partial charge in [0.15, 0.2) is 0 Å². The van der Waals surface area contributed by atoms with Crippen LogP contribution in [-0.2, 0) is 5.41 Å². The van der Waals surface area contributed by atoms with Crippen LogP contribution in [0.1, 0.15) is 26.5 Å². The zero-order valence-electron chi connectivity index (χ0n) is 10.8. The summed E-state index contributed by atoms with van der Waals surface area (Å²) < 4.78 is 1.13. The first-order chi connectivity index (χ1) is 8.45. The van der Waals surface area contributed by atoms with E-state index in [9.17, 15) is 0 Å². The lowest BCUT2D eigenvalue weighted by atomic mass is 9.92. The van der Waals surface area contributed by atoms with E-state index < -0.39 is 0 Å². The highest BCUT2D eigenvalue weighted by molar-refractivity contribution is 9.10. The van der Waals surface area contributed by atoms with Crippen LogP contribution >= 0.6 is 15.9 Å². The van der Waals surface area contributed by atoms with E-state index in [1.807, 2.05) is 0 Å². The largest absolute Gasteiger partial charge is 0.358 e. The standard InChI is InChI=1S/C16H16BrN/c1-16(2,3)15-9-13-12-6-5-11(17)8-10(12)4-7-14(13)18-15/h4-9,18H,1-3H3. The molecule has 0 amide bonds. The molecule has 2 aromatic carbocycles. The predicted octanol–water partition coefficient (Wildman–Crippen LogP) is 5.38. The number of aromatic amines is 1. The van der Waals surface area contributed by atoms with Crippen LogP contribution in [0.25, 0.3) is 21.7 Å². The average Bonchev–Trinajstić information content (AvgIpc) is 2.72. The van der Waals surface area contributed by atoms with E-state index in [1.54, 1.807) is 0 Å². The van der Waals surface area contributed by atoms with Crippen LogP contribution in [0.15, 0.2) is 40.9 Å². The third-order valence-corrected chi connectivity index (χ3v) is 3.88. The SMILES string of the molecule is CC(C)(C)c1cc2c(ccc3cc(Br)ccc32)[nH]1. The van der Waals surface area contributed by atoms with Crippen molar-refractivity contribution in [2.45, 2.75) is 26.2 Å². The summed E-state index contributed by atoms with van der Waals surface area (Å²) in [6.07, 6.45) is 0. The minimum Gasteiger partial charge on any atom is -0.358 e. The van der Waals surface area contributed by atoms with Gasteiger partial charge in [0, 0.05) is 26.5 Å². The van der Waals surface area contributed by atoms with Crippen LogP contribution in [0.4, 0.5) is 0 Å². The maximum Gasteiger partial charge on any atom is 0.0462 e. The Labute approximate surface area is 115 Å². The second kappa shape index (κ2) is 3.86. The second-order valence-corrected chi connectivity index (χ2v) is 6.74. The quantitative estimate of drug-likeness (QED) is 0.574. The topological polar surface area (TPSA) is 15.8 Å². The Hall–Kier alpha value is -1.28. The molecular weight excluding hydrogens is 286 g/mol. The van der Waals surface area contributed by atoms with E-state index in [4.69, 9.17) is 0 Å². The van der Waals surface area contributed by atoms with E-state index in [2.05, 4.69) is 78.1 Å². The number of H-pyrrole nitrogens is 1. The Kier molecular flexibility index (Phi) is 2.53. The average molecular weight is 302 g/mol. The molecule has 0 atom stereocenters. The summed E-state index contributed by atoms with van der Waals surface area (Å²) in [5.74, 6) is 0. The van der Waals surface area contributed by atoms with E-state index in [-0.39, 0.29) is 5.41 Å². The van der Waals surface area contributed by atoms with Crippen molar-refractivity contribution in [2.75, 3.05) is 0 Å². The molecule has 0 aliphatic carbocycles. The van der Waals surface area contributed by atoms with Crippen molar-refractivity contribution >= 4 is 37.6 Å². The van der Waals surface area contributed by atoms with Crippen LogP contribution in [0.2, 0.25) is 0 Å². The van der Waals surface area contributed by atoms with E-state index >= 15 is 0 Å². The molecule has 2 heteroatoms. The minimum absolute atomic E-state index is 0.153. The fourth-order valence-corrected chi connectivity index (χ4v) is 2.70. The monoisotopic (exact) mass is 301 g/mol. The molecule has 3 rings (SSSR count). The number of halogens is 1. The van der Waals surface area contributed by atoms with Crippen molar-refractivity contribution in [3.05, 3.63) is 46.6 Å². The van der Waals surface area contributed by atoms with Gasteiger partial charge in [-0.15, -0.1) is 0 Å². The molecule has 1 aromatic heterocycles. The van der Waals surface area contributed by atoms with Gasteiger partial charge in [0.25, 0.3) is 0 Å². The Morgan fingerprint density at radius 2 is 1.72 bits per heavy atom. The normalized spacial score (nSPS) is 12.4. The number of hydrogen-bond donors (Lipinski definition) is 1. The first-order valence-corrected chi connectivity index (χ1v) is 6.96. The van der Waals surface area contributed by atoms with E-state index in [0.29, 0.717) is 0 Å². The molecule has 0 aliphatic rings. The third-order valence-electron chi connectivity index (χ3n) is 3.39. The smallest absolute Gasteiger partial charge is 0.0462 e. The van der Waals surface area contributed by atoms with Crippen molar-refractivity contribution in [2.24, 2.45) is 0 Å². The van der Waals surface area contributed by atoms with Crippen LogP contribution in [0.3, 0.4) is 0 Å². The summed E-state index contributed by atoms with van der Waals surface area (Å²) in [6.45, 7) is 6.70. The lowest BCUT2D eigenvalue weighted by Crippen LogP contribution is -2.10. The van der Waals surface area contributed by atoms with Crippen molar-refractivity contribution in [1.29, 1.82) is 0 Å². The van der Waals surface area contributed by atoms with Gasteiger partial charge in [0.1, 0.15) is 0 Å². The molecule has 92 valence electrons. The highest BCUT2D eigenvalue weighted by atomic mass is 79.9. The van der Waals surface area contributed by atoms with E-state index in [0.717, 1.165) is 4.47 Å². The first-order valence-electron chi connectivity index (χ1n) is 6.17. The van der Waals surface area contributed by atoms with Gasteiger partial charge < -0.3 is 4.98 Å². The zero-order chi connectivity index (χ0) is 12.9. The van der Waals surface area contributed by atoms with Crippen LogP contribution < -0.4 is 0 Å². The molecule has 3 aromatic rings. The number of rotatable bonds is 0. The zero-order valence-corrected chi connectivity index (χ0v) is 12.4. The molecule has 18 heavy (non-hydrogen) atoms. The number of aromatic nitrogens is 1. The maximum atomic E-state index is 3.53. The van der Waals surface area contributed by atoms with Gasteiger partial charge in [0.05, 0.1) is 0 Å². The van der Waals surface area contributed by atoms with Crippen LogP contribution in [-0.4, -0.2) is 4.98 Å². The molecule has 0 saturated carbocycles. The summed E-state index contributed by atoms with van der Waals surface area (Å²) in [4.78, 5) is 3.53. The Balaban J connectivity index is 2.37. The molecule has 1 nitrogen and oxygen atoms in total. The summed E-state index contributed by atoms with van der Waals surface area (Å²) in [5, 5.41) is 3.89. The molecular formula is C16H16BrN. The van der Waals surface area contributed by atoms with Gasteiger partial charge in [-0.05, 0) is 35.0 Å². The molecule has 1 N–H and O–H groups in total. The number of hydrogen-bond acceptors (Lipinski definition) is 0. The van der Waals surface area contributed by atoms with Gasteiger partial charge in [0.2, 0.25) is 0 Å². The predicted molar refractivity (Wildman–Crippen MR) is 82.2 cm³/mol. The maximum absolute atomic E-state index is 3.53. The molecule has 0 fully saturated rings. The molecule has 0 saturated heterocycles. The molecule has 0 spiro atoms. The summed E-state index contributed by atoms with van der Waals surface area (Å²) in [5.41, 5.74) is 2.66. The van der Waals surface area contributed by atoms with Gasteiger partial charge in [-0.25, -0.2) is 0 Å². The van der Waals surface area contributed by atoms with Gasteiger partial charge in [-0.1, -0.05) is 48.8 Å². The van der Waals surface area contributed by atoms with Crippen molar-refractivity contribution in [3.63, 3.8) is 0 Å². The Bertz CT molecular complexity index is 732. The van der Waals surface area contributed by atoms with E-state index in [1.165, 1.54) is 27.4 Å². The fraction of sp³-hybridized carbons (Fsp3) is 0.250. The lowest BCUT2D eigenvalue weighted by Gasteiger charge is -2.15. The Morgan fingerprint density at radius 1 is 0.944 bits per heavy atom. The summed E-state index contributed by atoms with van der Waals surface area (Å²) in [7, 11) is 0. The van der Waals surface area contributed by atoms with Crippen molar-refractivity contribution < 1.29 is 0 Å². The first kappa shape index (κ1) is 11.8. The van der Waals surface area contributed by atoms with Crippen molar-refractivity contribution in [1.82, 2.24) is 4.98 Å². The fourth-order valence-electron chi connectivity index (χ4n) is 2.32. The Morgan fingerprint density at radius 3 is 2.44 bits per heavy atom.